The minimum Gasteiger partial charge on any atom is -0.397 e. The van der Waals surface area contributed by atoms with Crippen LogP contribution in [-0.4, -0.2) is 15.2 Å². The first-order valence-corrected chi connectivity index (χ1v) is 8.63. The highest BCUT2D eigenvalue weighted by atomic mass is 32.2. The summed E-state index contributed by atoms with van der Waals surface area (Å²) in [5, 5.41) is 10.1. The molecule has 0 saturated heterocycles. The van der Waals surface area contributed by atoms with Crippen LogP contribution in [0.3, 0.4) is 0 Å². The number of anilines is 2. The first kappa shape index (κ1) is 15.4. The summed E-state index contributed by atoms with van der Waals surface area (Å²) >= 11 is 2.50. The van der Waals surface area contributed by atoms with E-state index in [2.05, 4.69) is 15.8 Å². The van der Waals surface area contributed by atoms with Gasteiger partial charge in [-0.15, -0.1) is 11.3 Å². The van der Waals surface area contributed by atoms with Crippen molar-refractivity contribution in [1.29, 1.82) is 5.26 Å². The Balaban J connectivity index is 2.07. The summed E-state index contributed by atoms with van der Waals surface area (Å²) in [5.74, 6) is -0.547. The third-order valence-electron chi connectivity index (χ3n) is 3.83. The number of thiophene rings is 1. The molecule has 8 nitrogen and oxygen atoms in total. The monoisotopic (exact) mass is 369 g/mol. The quantitative estimate of drug-likeness (QED) is 0.584. The molecule has 7 N–H and O–H groups in total. The van der Waals surface area contributed by atoms with E-state index in [1.165, 1.54) is 12.1 Å². The van der Waals surface area contributed by atoms with Crippen LogP contribution in [-0.2, 0) is 0 Å². The summed E-state index contributed by atoms with van der Waals surface area (Å²) < 4.78 is 4.98. The first-order chi connectivity index (χ1) is 12.0. The molecule has 4 rings (SSSR count). The first-order valence-electron chi connectivity index (χ1n) is 7.04. The second-order valence-corrected chi connectivity index (χ2v) is 7.08. The molecule has 1 amide bonds. The van der Waals surface area contributed by atoms with Gasteiger partial charge in [-0.05, 0) is 17.7 Å². The van der Waals surface area contributed by atoms with E-state index in [1.54, 1.807) is 0 Å². The molecule has 0 spiro atoms. The number of amides is 1. The van der Waals surface area contributed by atoms with E-state index in [-0.39, 0.29) is 21.9 Å². The number of carbonyl (C=O) groups is 1. The average molecular weight is 369 g/mol. The molecule has 0 fully saturated rings. The molecule has 0 saturated carbocycles. The van der Waals surface area contributed by atoms with Crippen LogP contribution in [0.15, 0.2) is 30.2 Å². The molecule has 0 aromatic carbocycles. The largest absolute Gasteiger partial charge is 0.397 e. The normalized spacial score (nSPS) is 15.4. The molecule has 0 atom stereocenters. The zero-order valence-electron chi connectivity index (χ0n) is 12.6. The molecule has 25 heavy (non-hydrogen) atoms. The third kappa shape index (κ3) is 2.21. The SMILES string of the molecule is N#Cc1c(N)nc2sc(C(N)=O)c(N)c2c1C1=CC2=CNSN2C=C1. The number of nitriles is 1. The fourth-order valence-electron chi connectivity index (χ4n) is 2.75. The molecule has 124 valence electrons. The molecule has 2 aromatic rings. The van der Waals surface area contributed by atoms with E-state index in [4.69, 9.17) is 17.2 Å². The Bertz CT molecular complexity index is 1070. The van der Waals surface area contributed by atoms with E-state index < -0.39 is 5.91 Å². The number of nitrogens with two attached hydrogens (primary N) is 3. The van der Waals surface area contributed by atoms with Crippen LogP contribution in [0.1, 0.15) is 20.8 Å². The Morgan fingerprint density at radius 3 is 2.92 bits per heavy atom. The van der Waals surface area contributed by atoms with Crippen LogP contribution in [0.4, 0.5) is 11.5 Å². The van der Waals surface area contributed by atoms with Crippen LogP contribution in [0, 0.1) is 11.3 Å². The number of aromatic nitrogens is 1. The Morgan fingerprint density at radius 2 is 2.20 bits per heavy atom. The zero-order chi connectivity index (χ0) is 17.7. The second kappa shape index (κ2) is 5.44. The smallest absolute Gasteiger partial charge is 0.260 e. The lowest BCUT2D eigenvalue weighted by Gasteiger charge is -2.19. The topological polar surface area (TPSA) is 147 Å². The van der Waals surface area contributed by atoms with Gasteiger partial charge in [0.1, 0.15) is 27.2 Å². The lowest BCUT2D eigenvalue weighted by atomic mass is 9.95. The van der Waals surface area contributed by atoms with Gasteiger partial charge in [0, 0.05) is 23.3 Å². The third-order valence-corrected chi connectivity index (χ3v) is 5.70. The molecular formula is C15H11N7OS2. The van der Waals surface area contributed by atoms with Gasteiger partial charge in [-0.3, -0.25) is 9.10 Å². The van der Waals surface area contributed by atoms with Gasteiger partial charge in [0.25, 0.3) is 5.91 Å². The molecule has 0 aliphatic carbocycles. The number of fused-ring (bicyclic) bond motifs is 2. The van der Waals surface area contributed by atoms with E-state index in [9.17, 15) is 10.1 Å². The van der Waals surface area contributed by atoms with Gasteiger partial charge in [-0.25, -0.2) is 4.98 Å². The second-order valence-electron chi connectivity index (χ2n) is 5.27. The molecule has 0 radical (unpaired) electrons. The summed E-state index contributed by atoms with van der Waals surface area (Å²) in [5.41, 5.74) is 20.2. The average Bonchev–Trinajstić information content (AvgIpc) is 3.17. The standard InChI is InChI=1S/C15H11N7OS2/c16-4-8-9(6-1-2-22-7(3-6)5-20-25-22)10-11(17)12(14(19)23)24-15(10)21-13(8)18/h1-3,5,20H,17H2,(H2,18,21)(H2,19,23). The summed E-state index contributed by atoms with van der Waals surface area (Å²) in [6.45, 7) is 0. The predicted octanol–water partition coefficient (Wildman–Crippen LogP) is 1.65. The van der Waals surface area contributed by atoms with E-state index in [1.807, 2.05) is 28.9 Å². The Morgan fingerprint density at radius 1 is 1.40 bits per heavy atom. The number of primary amides is 1. The number of hydrogen-bond acceptors (Lipinski definition) is 9. The van der Waals surface area contributed by atoms with Crippen molar-refractivity contribution in [2.45, 2.75) is 0 Å². The number of nitrogens with zero attached hydrogens (tertiary/aromatic N) is 3. The molecule has 2 aromatic heterocycles. The Labute approximate surface area is 150 Å². The molecule has 0 bridgehead atoms. The minimum atomic E-state index is -0.637. The minimum absolute atomic E-state index is 0.0897. The highest BCUT2D eigenvalue weighted by Crippen LogP contribution is 2.42. The zero-order valence-corrected chi connectivity index (χ0v) is 14.2. The van der Waals surface area contributed by atoms with Gasteiger partial charge in [0.15, 0.2) is 0 Å². The van der Waals surface area contributed by atoms with Crippen molar-refractivity contribution in [2.24, 2.45) is 5.73 Å². The van der Waals surface area contributed by atoms with Crippen molar-refractivity contribution >= 4 is 56.7 Å². The van der Waals surface area contributed by atoms with Crippen LogP contribution in [0.25, 0.3) is 15.8 Å². The van der Waals surface area contributed by atoms with Gasteiger partial charge in [0.05, 0.1) is 23.5 Å². The lowest BCUT2D eigenvalue weighted by Crippen LogP contribution is -2.11. The molecule has 4 heterocycles. The van der Waals surface area contributed by atoms with Crippen molar-refractivity contribution in [3.8, 4) is 6.07 Å². The van der Waals surface area contributed by atoms with Crippen LogP contribution >= 0.6 is 23.5 Å². The summed E-state index contributed by atoms with van der Waals surface area (Å²) in [6, 6.07) is 2.10. The number of nitrogen functional groups attached to an aromatic ring is 2. The van der Waals surface area contributed by atoms with Crippen LogP contribution < -0.4 is 21.9 Å². The number of carbonyl (C=O) groups excluding carboxylic acids is 1. The number of rotatable bonds is 2. The maximum atomic E-state index is 11.6. The van der Waals surface area contributed by atoms with E-state index in [0.29, 0.717) is 15.8 Å². The number of allylic oxidation sites excluding steroid dienone is 3. The van der Waals surface area contributed by atoms with Gasteiger partial charge >= 0.3 is 0 Å². The summed E-state index contributed by atoms with van der Waals surface area (Å²) in [6.07, 6.45) is 7.47. The van der Waals surface area contributed by atoms with E-state index >= 15 is 0 Å². The molecule has 10 heteroatoms. The molecular weight excluding hydrogens is 358 g/mol. The van der Waals surface area contributed by atoms with Crippen molar-refractivity contribution < 1.29 is 4.79 Å². The van der Waals surface area contributed by atoms with Gasteiger partial charge < -0.3 is 21.9 Å². The van der Waals surface area contributed by atoms with Gasteiger partial charge in [-0.2, -0.15) is 5.26 Å². The van der Waals surface area contributed by atoms with Gasteiger partial charge in [-0.1, -0.05) is 0 Å². The van der Waals surface area contributed by atoms with Crippen molar-refractivity contribution in [3.63, 3.8) is 0 Å². The number of hydrogen-bond donors (Lipinski definition) is 4. The molecule has 2 aliphatic rings. The fraction of sp³-hybridized carbons (Fsp3) is 0. The summed E-state index contributed by atoms with van der Waals surface area (Å²) in [4.78, 5) is 16.5. The van der Waals surface area contributed by atoms with Crippen LogP contribution in [0.5, 0.6) is 0 Å². The fourth-order valence-corrected chi connectivity index (χ4v) is 4.33. The highest BCUT2D eigenvalue weighted by molar-refractivity contribution is 7.95. The Hall–Kier alpha value is -3.16. The Kier molecular flexibility index (Phi) is 3.34. The predicted molar refractivity (Wildman–Crippen MR) is 99.4 cm³/mol. The number of pyridine rings is 1. The lowest BCUT2D eigenvalue weighted by molar-refractivity contribution is 0.100. The van der Waals surface area contributed by atoms with Gasteiger partial charge in [0.2, 0.25) is 0 Å². The molecule has 0 unspecified atom stereocenters. The van der Waals surface area contributed by atoms with E-state index in [0.717, 1.165) is 22.6 Å². The maximum absolute atomic E-state index is 11.6. The summed E-state index contributed by atoms with van der Waals surface area (Å²) in [7, 11) is 0. The van der Waals surface area contributed by atoms with Crippen molar-refractivity contribution in [1.82, 2.24) is 14.0 Å². The number of nitrogens with one attached hydrogen (secondary N) is 1. The van der Waals surface area contributed by atoms with Crippen molar-refractivity contribution in [3.05, 3.63) is 46.3 Å². The highest BCUT2D eigenvalue weighted by Gasteiger charge is 2.25. The van der Waals surface area contributed by atoms with Crippen LogP contribution in [0.2, 0.25) is 0 Å². The maximum Gasteiger partial charge on any atom is 0.260 e. The van der Waals surface area contributed by atoms with Crippen molar-refractivity contribution in [2.75, 3.05) is 11.5 Å². The molecule has 2 aliphatic heterocycles.